The molecule has 1 aromatic heterocycles. The molecule has 1 heterocycles. The molecule has 0 amide bonds. The van der Waals surface area contributed by atoms with Gasteiger partial charge in [-0.15, -0.1) is 0 Å². The second-order valence-electron chi connectivity index (χ2n) is 3.78. The predicted molar refractivity (Wildman–Crippen MR) is 69.8 cm³/mol. The van der Waals surface area contributed by atoms with Crippen LogP contribution in [0.3, 0.4) is 0 Å². The molecule has 0 unspecified atom stereocenters. The molecule has 3 nitrogen and oxygen atoms in total. The van der Waals surface area contributed by atoms with Gasteiger partial charge in [-0.05, 0) is 32.0 Å². The molecule has 1 aromatic carbocycles. The van der Waals surface area contributed by atoms with Crippen LogP contribution in [0.4, 0.5) is 5.69 Å². The van der Waals surface area contributed by atoms with Gasteiger partial charge in [-0.1, -0.05) is 28.4 Å². The molecule has 90 valence electrons. The molecule has 0 aliphatic heterocycles. The molecular weight excluding hydrogens is 259 g/mol. The molecule has 1 N–H and O–H groups in total. The van der Waals surface area contributed by atoms with E-state index in [-0.39, 0.29) is 0 Å². The Morgan fingerprint density at radius 1 is 1.29 bits per heavy atom. The van der Waals surface area contributed by atoms with Crippen LogP contribution in [0.25, 0.3) is 0 Å². The minimum absolute atomic E-state index is 0.612. The zero-order valence-electron chi connectivity index (χ0n) is 9.55. The van der Waals surface area contributed by atoms with E-state index in [1.807, 2.05) is 13.8 Å². The van der Waals surface area contributed by atoms with Gasteiger partial charge in [0.1, 0.15) is 5.76 Å². The fraction of sp³-hybridized carbons (Fsp3) is 0.250. The van der Waals surface area contributed by atoms with E-state index in [1.54, 1.807) is 18.2 Å². The maximum absolute atomic E-state index is 6.06. The van der Waals surface area contributed by atoms with Crippen LogP contribution in [-0.4, -0.2) is 5.16 Å². The molecule has 0 spiro atoms. The minimum atomic E-state index is 0.612. The second kappa shape index (κ2) is 4.98. The number of rotatable bonds is 3. The van der Waals surface area contributed by atoms with Gasteiger partial charge in [0, 0.05) is 17.1 Å². The highest BCUT2D eigenvalue weighted by Crippen LogP contribution is 2.26. The topological polar surface area (TPSA) is 38.1 Å². The summed E-state index contributed by atoms with van der Waals surface area (Å²) in [6.45, 7) is 4.41. The summed E-state index contributed by atoms with van der Waals surface area (Å²) in [5.41, 5.74) is 2.73. The molecular formula is C12H12Cl2N2O. The second-order valence-corrected chi connectivity index (χ2v) is 4.62. The lowest BCUT2D eigenvalue weighted by atomic mass is 10.2. The highest BCUT2D eigenvalue weighted by Gasteiger charge is 2.09. The zero-order valence-corrected chi connectivity index (χ0v) is 11.1. The fourth-order valence-corrected chi connectivity index (χ4v) is 1.93. The van der Waals surface area contributed by atoms with E-state index in [9.17, 15) is 0 Å². The average molecular weight is 271 g/mol. The van der Waals surface area contributed by atoms with E-state index < -0.39 is 0 Å². The first-order valence-electron chi connectivity index (χ1n) is 5.18. The summed E-state index contributed by atoms with van der Waals surface area (Å²) in [5.74, 6) is 0.813. The standard InChI is InChI=1S/C12H12Cl2N2O/c1-7-10(8(2)17-16-7)6-15-12-5-9(13)3-4-11(12)14/h3-5,15H,6H2,1-2H3. The first kappa shape index (κ1) is 12.3. The first-order chi connectivity index (χ1) is 8.08. The third kappa shape index (κ3) is 2.73. The van der Waals surface area contributed by atoms with Crippen molar-refractivity contribution in [1.82, 2.24) is 5.16 Å². The summed E-state index contributed by atoms with van der Waals surface area (Å²) in [6, 6.07) is 5.31. The van der Waals surface area contributed by atoms with E-state index in [2.05, 4.69) is 10.5 Å². The van der Waals surface area contributed by atoms with Crippen molar-refractivity contribution in [3.8, 4) is 0 Å². The quantitative estimate of drug-likeness (QED) is 0.908. The van der Waals surface area contributed by atoms with Crippen molar-refractivity contribution < 1.29 is 4.52 Å². The van der Waals surface area contributed by atoms with E-state index in [0.717, 1.165) is 22.7 Å². The number of anilines is 1. The van der Waals surface area contributed by atoms with E-state index in [0.29, 0.717) is 16.6 Å². The van der Waals surface area contributed by atoms with Gasteiger partial charge in [-0.2, -0.15) is 0 Å². The molecule has 5 heteroatoms. The molecule has 0 saturated heterocycles. The monoisotopic (exact) mass is 270 g/mol. The van der Waals surface area contributed by atoms with Gasteiger partial charge in [0.2, 0.25) is 0 Å². The van der Waals surface area contributed by atoms with Crippen LogP contribution < -0.4 is 5.32 Å². The van der Waals surface area contributed by atoms with Crippen molar-refractivity contribution in [1.29, 1.82) is 0 Å². The highest BCUT2D eigenvalue weighted by molar-refractivity contribution is 6.35. The molecule has 0 radical (unpaired) electrons. The van der Waals surface area contributed by atoms with Crippen molar-refractivity contribution in [3.63, 3.8) is 0 Å². The maximum atomic E-state index is 6.06. The summed E-state index contributed by atoms with van der Waals surface area (Å²) >= 11 is 12.0. The van der Waals surface area contributed by atoms with Crippen LogP contribution in [0.2, 0.25) is 10.0 Å². The van der Waals surface area contributed by atoms with Crippen LogP contribution >= 0.6 is 23.2 Å². The average Bonchev–Trinajstić information content (AvgIpc) is 2.61. The zero-order chi connectivity index (χ0) is 12.4. The van der Waals surface area contributed by atoms with Gasteiger partial charge in [0.15, 0.2) is 0 Å². The number of nitrogens with zero attached hydrogens (tertiary/aromatic N) is 1. The Bertz CT molecular complexity index is 518. The van der Waals surface area contributed by atoms with Crippen LogP contribution in [-0.2, 0) is 6.54 Å². The third-order valence-corrected chi connectivity index (χ3v) is 3.13. The Labute approximate surface area is 110 Å². The lowest BCUT2D eigenvalue weighted by Gasteiger charge is -2.08. The molecule has 0 aliphatic rings. The van der Waals surface area contributed by atoms with E-state index >= 15 is 0 Å². The number of aryl methyl sites for hydroxylation is 2. The van der Waals surface area contributed by atoms with E-state index in [4.69, 9.17) is 27.7 Å². The van der Waals surface area contributed by atoms with Crippen molar-refractivity contribution in [2.45, 2.75) is 20.4 Å². The van der Waals surface area contributed by atoms with Crippen LogP contribution in [0, 0.1) is 13.8 Å². The Morgan fingerprint density at radius 2 is 2.06 bits per heavy atom. The Balaban J connectivity index is 2.15. The Morgan fingerprint density at radius 3 is 2.71 bits per heavy atom. The number of aromatic nitrogens is 1. The normalized spacial score (nSPS) is 10.6. The predicted octanol–water partition coefficient (Wildman–Crippen LogP) is 4.21. The highest BCUT2D eigenvalue weighted by atomic mass is 35.5. The lowest BCUT2D eigenvalue weighted by molar-refractivity contribution is 0.392. The molecule has 0 bridgehead atoms. The van der Waals surface area contributed by atoms with E-state index in [1.165, 1.54) is 0 Å². The number of hydrogen-bond acceptors (Lipinski definition) is 3. The van der Waals surface area contributed by atoms with Crippen molar-refractivity contribution in [2.75, 3.05) is 5.32 Å². The van der Waals surface area contributed by atoms with Gasteiger partial charge in [-0.3, -0.25) is 0 Å². The molecule has 0 atom stereocenters. The summed E-state index contributed by atoms with van der Waals surface area (Å²) in [7, 11) is 0. The molecule has 0 saturated carbocycles. The Kier molecular flexibility index (Phi) is 3.60. The van der Waals surface area contributed by atoms with Crippen LogP contribution in [0.5, 0.6) is 0 Å². The molecule has 2 aromatic rings. The summed E-state index contributed by atoms with van der Waals surface area (Å²) in [5, 5.41) is 8.40. The van der Waals surface area contributed by atoms with Crippen LogP contribution in [0.15, 0.2) is 22.7 Å². The summed E-state index contributed by atoms with van der Waals surface area (Å²) in [6.07, 6.45) is 0. The number of nitrogens with one attached hydrogen (secondary N) is 1. The largest absolute Gasteiger partial charge is 0.380 e. The number of hydrogen-bond donors (Lipinski definition) is 1. The van der Waals surface area contributed by atoms with Gasteiger partial charge < -0.3 is 9.84 Å². The van der Waals surface area contributed by atoms with Gasteiger partial charge in [0.25, 0.3) is 0 Å². The minimum Gasteiger partial charge on any atom is -0.380 e. The van der Waals surface area contributed by atoms with Crippen molar-refractivity contribution in [2.24, 2.45) is 0 Å². The fourth-order valence-electron chi connectivity index (χ4n) is 1.57. The molecule has 17 heavy (non-hydrogen) atoms. The molecule has 2 rings (SSSR count). The summed E-state index contributed by atoms with van der Waals surface area (Å²) < 4.78 is 5.09. The van der Waals surface area contributed by atoms with Crippen molar-refractivity contribution in [3.05, 3.63) is 45.3 Å². The number of halogens is 2. The first-order valence-corrected chi connectivity index (χ1v) is 5.94. The third-order valence-electron chi connectivity index (χ3n) is 2.57. The molecule has 0 aliphatic carbocycles. The van der Waals surface area contributed by atoms with Crippen LogP contribution in [0.1, 0.15) is 17.0 Å². The van der Waals surface area contributed by atoms with Gasteiger partial charge in [0.05, 0.1) is 16.4 Å². The summed E-state index contributed by atoms with van der Waals surface area (Å²) in [4.78, 5) is 0. The number of benzene rings is 1. The SMILES string of the molecule is Cc1noc(C)c1CNc1cc(Cl)ccc1Cl. The van der Waals surface area contributed by atoms with Crippen molar-refractivity contribution >= 4 is 28.9 Å². The molecule has 0 fully saturated rings. The Hall–Kier alpha value is -1.19. The maximum Gasteiger partial charge on any atom is 0.138 e. The smallest absolute Gasteiger partial charge is 0.138 e. The van der Waals surface area contributed by atoms with Gasteiger partial charge in [-0.25, -0.2) is 0 Å². The van der Waals surface area contributed by atoms with Gasteiger partial charge >= 0.3 is 0 Å². The lowest BCUT2D eigenvalue weighted by Crippen LogP contribution is -2.01.